The third-order valence-electron chi connectivity index (χ3n) is 13.9. The summed E-state index contributed by atoms with van der Waals surface area (Å²) in [5.74, 6) is 0.487. The smallest absolute Gasteiger partial charge is 0.236 e. The molecule has 3 aromatic heterocycles. The maximum absolute atomic E-state index is 9.79. The first-order valence-corrected chi connectivity index (χ1v) is 22.0. The van der Waals surface area contributed by atoms with Crippen LogP contribution in [-0.4, -0.2) is 22.1 Å². The SMILES string of the molecule is C/C(=N\C(=N/C(=N)c1ccc2oc3ccccc3c2c1)n1c2ccccc2c2ccc3c(c21)-c1ccccc1C31c2ccccc2-c2ccccc21)c1ccc2oc3ccccc3c2c1. The van der Waals surface area contributed by atoms with Gasteiger partial charge in [0.05, 0.1) is 16.4 Å². The Labute approximate surface area is 372 Å². The van der Waals surface area contributed by atoms with Crippen LogP contribution >= 0.6 is 0 Å². The lowest BCUT2D eigenvalue weighted by molar-refractivity contribution is 0.668. The van der Waals surface area contributed by atoms with E-state index in [2.05, 4.69) is 138 Å². The Morgan fingerprint density at radius 3 is 1.62 bits per heavy atom. The van der Waals surface area contributed by atoms with Gasteiger partial charge in [-0.05, 0) is 106 Å². The highest BCUT2D eigenvalue weighted by Gasteiger charge is 2.52. The molecule has 65 heavy (non-hydrogen) atoms. The standard InChI is InChI=1S/C59H36N4O2/c1-34(35-26-30-53-44(32-35)40-17-6-12-24-51(40)64-53)61-58(62-57(60)36-27-31-54-45(33-36)41-18-7-13-25-52(41)65-54)63-50-23-11-5-16-39(50)42-28-29-49-55(56(42)63)43-19-4-10-22-48(43)59(49)46-20-8-2-14-37(46)38-15-3-9-21-47(38)59/h2-33,60H,1H3/b60-57?,61-34+,62-58+. The van der Waals surface area contributed by atoms with Gasteiger partial charge in [0.15, 0.2) is 5.84 Å². The van der Waals surface area contributed by atoms with E-state index >= 15 is 0 Å². The van der Waals surface area contributed by atoms with E-state index in [0.29, 0.717) is 11.5 Å². The maximum atomic E-state index is 9.79. The summed E-state index contributed by atoms with van der Waals surface area (Å²) in [6, 6.07) is 68.1. The normalized spacial score (nSPS) is 14.0. The van der Waals surface area contributed by atoms with Crippen molar-refractivity contribution in [3.63, 3.8) is 0 Å². The number of aliphatic imine (C=N–C) groups is 2. The van der Waals surface area contributed by atoms with Crippen LogP contribution in [0.5, 0.6) is 0 Å². The summed E-state index contributed by atoms with van der Waals surface area (Å²) in [7, 11) is 0. The molecular weight excluding hydrogens is 797 g/mol. The van der Waals surface area contributed by atoms with Crippen LogP contribution in [0, 0.1) is 5.41 Å². The van der Waals surface area contributed by atoms with Crippen molar-refractivity contribution < 1.29 is 8.83 Å². The highest BCUT2D eigenvalue weighted by atomic mass is 16.3. The van der Waals surface area contributed by atoms with Gasteiger partial charge in [-0.2, -0.15) is 4.99 Å². The lowest BCUT2D eigenvalue weighted by Crippen LogP contribution is -2.25. The molecule has 2 aliphatic carbocycles. The first-order chi connectivity index (χ1) is 32.1. The molecule has 6 heteroatoms. The molecule has 0 saturated heterocycles. The Kier molecular flexibility index (Phi) is 7.30. The zero-order chi connectivity index (χ0) is 43.0. The molecular formula is C59H36N4O2. The molecule has 3 heterocycles. The molecule has 0 unspecified atom stereocenters. The number of nitrogens with zero attached hydrogens (tertiary/aromatic N) is 3. The van der Waals surface area contributed by atoms with Crippen LogP contribution in [0.1, 0.15) is 40.3 Å². The van der Waals surface area contributed by atoms with Crippen molar-refractivity contribution in [2.24, 2.45) is 9.98 Å². The van der Waals surface area contributed by atoms with E-state index in [-0.39, 0.29) is 5.84 Å². The first kappa shape index (κ1) is 35.9. The summed E-state index contributed by atoms with van der Waals surface area (Å²) in [4.78, 5) is 10.8. The summed E-state index contributed by atoms with van der Waals surface area (Å²) < 4.78 is 14.6. The summed E-state index contributed by atoms with van der Waals surface area (Å²) in [5.41, 5.74) is 16.9. The van der Waals surface area contributed by atoms with Gasteiger partial charge in [0.2, 0.25) is 5.96 Å². The zero-order valence-electron chi connectivity index (χ0n) is 35.1. The molecule has 0 saturated carbocycles. The molecule has 0 bridgehead atoms. The fourth-order valence-corrected chi connectivity index (χ4v) is 11.2. The lowest BCUT2D eigenvalue weighted by atomic mass is 9.70. The molecule has 6 nitrogen and oxygen atoms in total. The van der Waals surface area contributed by atoms with Gasteiger partial charge in [-0.3, -0.25) is 9.98 Å². The van der Waals surface area contributed by atoms with Crippen molar-refractivity contribution in [2.45, 2.75) is 12.3 Å². The zero-order valence-corrected chi connectivity index (χ0v) is 35.1. The number of rotatable bonds is 2. The predicted molar refractivity (Wildman–Crippen MR) is 265 cm³/mol. The highest BCUT2D eigenvalue weighted by molar-refractivity contribution is 6.23. The minimum Gasteiger partial charge on any atom is -0.456 e. The Morgan fingerprint density at radius 1 is 0.446 bits per heavy atom. The molecule has 0 fully saturated rings. The molecule has 0 amide bonds. The van der Waals surface area contributed by atoms with E-state index in [4.69, 9.17) is 18.8 Å². The number of fused-ring (bicyclic) bond motifs is 20. The van der Waals surface area contributed by atoms with Crippen LogP contribution in [0.25, 0.3) is 87.9 Å². The minimum atomic E-state index is -0.538. The van der Waals surface area contributed by atoms with Crippen molar-refractivity contribution in [3.8, 4) is 22.3 Å². The van der Waals surface area contributed by atoms with Crippen LogP contribution in [0.4, 0.5) is 0 Å². The highest BCUT2D eigenvalue weighted by Crippen LogP contribution is 2.64. The molecule has 1 spiro atoms. The van der Waals surface area contributed by atoms with Crippen LogP contribution in [0.2, 0.25) is 0 Å². The van der Waals surface area contributed by atoms with Gasteiger partial charge in [0.25, 0.3) is 0 Å². The van der Waals surface area contributed by atoms with Crippen molar-refractivity contribution in [1.82, 2.24) is 4.57 Å². The second kappa shape index (κ2) is 13.2. The molecule has 9 aromatic carbocycles. The Bertz CT molecular complexity index is 4070. The molecule has 0 aliphatic heterocycles. The van der Waals surface area contributed by atoms with E-state index < -0.39 is 5.41 Å². The monoisotopic (exact) mass is 832 g/mol. The number of nitrogens with one attached hydrogen (secondary N) is 1. The Balaban J connectivity index is 1.07. The van der Waals surface area contributed by atoms with Gasteiger partial charge in [-0.15, -0.1) is 0 Å². The summed E-state index contributed by atoms with van der Waals surface area (Å²) >= 11 is 0. The molecule has 2 aliphatic rings. The maximum Gasteiger partial charge on any atom is 0.236 e. The summed E-state index contributed by atoms with van der Waals surface area (Å²) in [6.45, 7) is 2.03. The van der Waals surface area contributed by atoms with Crippen molar-refractivity contribution in [3.05, 3.63) is 228 Å². The van der Waals surface area contributed by atoms with E-state index in [9.17, 15) is 5.41 Å². The molecule has 0 atom stereocenters. The van der Waals surface area contributed by atoms with Crippen molar-refractivity contribution in [2.75, 3.05) is 0 Å². The fraction of sp³-hybridized carbons (Fsp3) is 0.0339. The van der Waals surface area contributed by atoms with Gasteiger partial charge in [0, 0.05) is 49.2 Å². The summed E-state index contributed by atoms with van der Waals surface area (Å²) in [5, 5.41) is 16.0. The van der Waals surface area contributed by atoms with Crippen LogP contribution in [-0.2, 0) is 5.41 Å². The quantitative estimate of drug-likeness (QED) is 0.139. The van der Waals surface area contributed by atoms with Crippen LogP contribution in [0.15, 0.2) is 213 Å². The van der Waals surface area contributed by atoms with Gasteiger partial charge in [-0.1, -0.05) is 140 Å². The van der Waals surface area contributed by atoms with E-state index in [1.54, 1.807) is 0 Å². The third kappa shape index (κ3) is 4.85. The molecule has 14 rings (SSSR count). The Morgan fingerprint density at radius 2 is 0.954 bits per heavy atom. The van der Waals surface area contributed by atoms with Crippen LogP contribution in [0.3, 0.4) is 0 Å². The molecule has 304 valence electrons. The second-order valence-electron chi connectivity index (χ2n) is 17.2. The molecule has 0 radical (unpaired) electrons. The average Bonchev–Trinajstić information content (AvgIpc) is 4.15. The van der Waals surface area contributed by atoms with Crippen molar-refractivity contribution in [1.29, 1.82) is 5.41 Å². The first-order valence-electron chi connectivity index (χ1n) is 22.0. The number of aromatic nitrogens is 1. The Hall–Kier alpha value is -8.61. The van der Waals surface area contributed by atoms with Gasteiger partial charge in [-0.25, -0.2) is 4.99 Å². The largest absolute Gasteiger partial charge is 0.456 e. The fourth-order valence-electron chi connectivity index (χ4n) is 11.2. The predicted octanol–water partition coefficient (Wildman–Crippen LogP) is 14.7. The number of hydrogen-bond acceptors (Lipinski definition) is 3. The number of furan rings is 2. The average molecular weight is 833 g/mol. The molecule has 12 aromatic rings. The minimum absolute atomic E-state index is 0.0917. The van der Waals surface area contributed by atoms with E-state index in [1.807, 2.05) is 67.6 Å². The number of para-hydroxylation sites is 3. The van der Waals surface area contributed by atoms with E-state index in [1.165, 1.54) is 38.9 Å². The van der Waals surface area contributed by atoms with Gasteiger partial charge in [0.1, 0.15) is 22.3 Å². The number of hydrogen-bond donors (Lipinski definition) is 1. The van der Waals surface area contributed by atoms with Gasteiger partial charge >= 0.3 is 0 Å². The van der Waals surface area contributed by atoms with E-state index in [0.717, 1.165) is 82.5 Å². The number of benzene rings is 9. The topological polar surface area (TPSA) is 79.8 Å². The number of amidine groups is 1. The second-order valence-corrected chi connectivity index (χ2v) is 17.2. The summed E-state index contributed by atoms with van der Waals surface area (Å²) in [6.07, 6.45) is 0. The molecule has 1 N–H and O–H groups in total. The third-order valence-corrected chi connectivity index (χ3v) is 13.9. The van der Waals surface area contributed by atoms with Gasteiger partial charge < -0.3 is 8.83 Å². The lowest BCUT2D eigenvalue weighted by Gasteiger charge is -2.30. The van der Waals surface area contributed by atoms with Crippen LogP contribution < -0.4 is 0 Å². The van der Waals surface area contributed by atoms with Crippen molar-refractivity contribution >= 4 is 83.2 Å².